The molecule has 5 heteroatoms. The molecule has 0 fully saturated rings. The third-order valence-electron chi connectivity index (χ3n) is 5.75. The monoisotopic (exact) mass is 410 g/mol. The first-order chi connectivity index (χ1) is 15.2. The van der Waals surface area contributed by atoms with Crippen LogP contribution in [-0.4, -0.2) is 21.1 Å². The molecule has 5 nitrogen and oxygen atoms in total. The molecule has 0 spiro atoms. The van der Waals surface area contributed by atoms with Crippen molar-refractivity contribution in [2.24, 2.45) is 12.8 Å². The van der Waals surface area contributed by atoms with Gasteiger partial charge in [0.05, 0.1) is 16.7 Å². The van der Waals surface area contributed by atoms with Gasteiger partial charge in [0, 0.05) is 18.0 Å². The third kappa shape index (κ3) is 3.68. The Labute approximate surface area is 181 Å². The number of aromatic amines is 1. The van der Waals surface area contributed by atoms with Crippen molar-refractivity contribution in [2.75, 3.05) is 6.54 Å². The van der Waals surface area contributed by atoms with Crippen molar-refractivity contribution in [2.45, 2.75) is 19.3 Å². The highest BCUT2D eigenvalue weighted by molar-refractivity contribution is 5.92. The zero-order valence-corrected chi connectivity index (χ0v) is 17.6. The zero-order chi connectivity index (χ0) is 21.2. The summed E-state index contributed by atoms with van der Waals surface area (Å²) in [6.45, 7) is 0.701. The van der Waals surface area contributed by atoms with Gasteiger partial charge in [0.1, 0.15) is 11.5 Å². The highest BCUT2D eigenvalue weighted by atomic mass is 16.5. The fourth-order valence-electron chi connectivity index (χ4n) is 4.18. The maximum atomic E-state index is 6.10. The Morgan fingerprint density at radius 2 is 1.74 bits per heavy atom. The Hall–Kier alpha value is -3.57. The number of rotatable bonds is 7. The van der Waals surface area contributed by atoms with Gasteiger partial charge < -0.3 is 20.0 Å². The maximum absolute atomic E-state index is 6.10. The summed E-state index contributed by atoms with van der Waals surface area (Å²) in [4.78, 5) is 8.56. The molecule has 3 aromatic carbocycles. The quantitative estimate of drug-likeness (QED) is 0.333. The molecule has 3 N–H and O–H groups in total. The molecular weight excluding hydrogens is 384 g/mol. The van der Waals surface area contributed by atoms with E-state index < -0.39 is 0 Å². The minimum absolute atomic E-state index is 0.701. The number of nitrogens with two attached hydrogens (primary N) is 1. The molecule has 0 aliphatic carbocycles. The molecule has 0 radical (unpaired) electrons. The number of hydrogen-bond acceptors (Lipinski definition) is 3. The number of aromatic nitrogens is 3. The van der Waals surface area contributed by atoms with Gasteiger partial charge in [0.15, 0.2) is 5.82 Å². The molecule has 2 heterocycles. The van der Waals surface area contributed by atoms with Crippen LogP contribution in [0, 0.1) is 0 Å². The number of unbranched alkanes of at least 4 members (excludes halogenated alkanes) is 1. The molecular formula is C26H26N4O. The number of nitrogens with zero attached hydrogens (tertiary/aromatic N) is 2. The number of hydrogen-bond donors (Lipinski definition) is 2. The van der Waals surface area contributed by atoms with Crippen molar-refractivity contribution in [3.05, 3.63) is 78.4 Å². The van der Waals surface area contributed by atoms with Gasteiger partial charge in [0.2, 0.25) is 0 Å². The first-order valence-corrected chi connectivity index (χ1v) is 10.7. The van der Waals surface area contributed by atoms with Crippen LogP contribution in [0.5, 0.6) is 11.5 Å². The van der Waals surface area contributed by atoms with Gasteiger partial charge in [-0.25, -0.2) is 4.98 Å². The number of benzene rings is 3. The Morgan fingerprint density at radius 1 is 0.935 bits per heavy atom. The van der Waals surface area contributed by atoms with Crippen LogP contribution in [0.25, 0.3) is 33.5 Å². The van der Waals surface area contributed by atoms with E-state index in [-0.39, 0.29) is 0 Å². The molecule has 156 valence electrons. The number of H-pyrrole nitrogens is 1. The molecule has 0 bridgehead atoms. The number of aryl methyl sites for hydroxylation is 2. The van der Waals surface area contributed by atoms with E-state index in [1.807, 2.05) is 48.5 Å². The summed E-state index contributed by atoms with van der Waals surface area (Å²) in [6, 6.07) is 24.3. The summed E-state index contributed by atoms with van der Waals surface area (Å²) in [7, 11) is 2.07. The van der Waals surface area contributed by atoms with Crippen LogP contribution >= 0.6 is 0 Å². The summed E-state index contributed by atoms with van der Waals surface area (Å²) < 4.78 is 8.26. The Bertz CT molecular complexity index is 1330. The predicted molar refractivity (Wildman–Crippen MR) is 127 cm³/mol. The first-order valence-electron chi connectivity index (χ1n) is 10.7. The summed E-state index contributed by atoms with van der Waals surface area (Å²) in [6.07, 6.45) is 2.96. The van der Waals surface area contributed by atoms with Gasteiger partial charge >= 0.3 is 0 Å². The fourth-order valence-corrected chi connectivity index (χ4v) is 4.18. The lowest BCUT2D eigenvalue weighted by Crippen LogP contribution is -2.00. The molecule has 2 aromatic heterocycles. The minimum atomic E-state index is 0.701. The van der Waals surface area contributed by atoms with Crippen molar-refractivity contribution in [3.8, 4) is 23.0 Å². The van der Waals surface area contributed by atoms with E-state index in [2.05, 4.69) is 40.9 Å². The van der Waals surface area contributed by atoms with Gasteiger partial charge in [-0.2, -0.15) is 0 Å². The minimum Gasteiger partial charge on any atom is -0.457 e. The third-order valence-corrected chi connectivity index (χ3v) is 5.75. The fraction of sp³-hybridized carbons (Fsp3) is 0.192. The topological polar surface area (TPSA) is 68.9 Å². The van der Waals surface area contributed by atoms with E-state index >= 15 is 0 Å². The van der Waals surface area contributed by atoms with Gasteiger partial charge in [-0.1, -0.05) is 30.3 Å². The van der Waals surface area contributed by atoms with Crippen molar-refractivity contribution in [1.29, 1.82) is 0 Å². The molecule has 0 aliphatic rings. The smallest absolute Gasteiger partial charge is 0.157 e. The van der Waals surface area contributed by atoms with Crippen LogP contribution in [0.15, 0.2) is 72.8 Å². The van der Waals surface area contributed by atoms with Crippen molar-refractivity contribution >= 4 is 21.9 Å². The predicted octanol–water partition coefficient (Wildman–Crippen LogP) is 5.80. The first kappa shape index (κ1) is 19.4. The van der Waals surface area contributed by atoms with E-state index in [1.54, 1.807) is 0 Å². The van der Waals surface area contributed by atoms with Gasteiger partial charge in [-0.15, -0.1) is 0 Å². The van der Waals surface area contributed by atoms with Crippen LogP contribution in [0.2, 0.25) is 0 Å². The molecule has 0 saturated heterocycles. The average molecular weight is 411 g/mol. The second kappa shape index (κ2) is 8.28. The van der Waals surface area contributed by atoms with E-state index in [9.17, 15) is 0 Å². The van der Waals surface area contributed by atoms with Gasteiger partial charge in [0.25, 0.3) is 0 Å². The molecule has 0 amide bonds. The lowest BCUT2D eigenvalue weighted by molar-refractivity contribution is 0.483. The van der Waals surface area contributed by atoms with E-state index in [1.165, 1.54) is 10.9 Å². The number of imidazole rings is 1. The average Bonchev–Trinajstić information content (AvgIpc) is 3.32. The lowest BCUT2D eigenvalue weighted by atomic mass is 10.0. The summed E-state index contributed by atoms with van der Waals surface area (Å²) >= 11 is 0. The molecule has 0 saturated carbocycles. The number of fused-ring (bicyclic) bond motifs is 2. The van der Waals surface area contributed by atoms with Crippen LogP contribution in [0.4, 0.5) is 0 Å². The van der Waals surface area contributed by atoms with E-state index in [0.29, 0.717) is 6.54 Å². The number of para-hydroxylation sites is 3. The van der Waals surface area contributed by atoms with E-state index in [4.69, 9.17) is 15.5 Å². The molecule has 31 heavy (non-hydrogen) atoms. The molecule has 0 atom stereocenters. The number of ether oxygens (including phenoxy) is 1. The second-order valence-corrected chi connectivity index (χ2v) is 7.83. The molecule has 0 unspecified atom stereocenters. The maximum Gasteiger partial charge on any atom is 0.157 e. The Morgan fingerprint density at radius 3 is 2.55 bits per heavy atom. The SMILES string of the molecule is Cn1c(-c2[nH]c3ccc(Oc4ccccc4)cc3c2CCCCN)nc2ccccc21. The van der Waals surface area contributed by atoms with Crippen LogP contribution < -0.4 is 10.5 Å². The highest BCUT2D eigenvalue weighted by Gasteiger charge is 2.19. The van der Waals surface area contributed by atoms with Gasteiger partial charge in [-0.3, -0.25) is 0 Å². The Balaban J connectivity index is 1.62. The van der Waals surface area contributed by atoms with Gasteiger partial charge in [-0.05, 0) is 73.8 Å². The zero-order valence-electron chi connectivity index (χ0n) is 17.6. The lowest BCUT2D eigenvalue weighted by Gasteiger charge is -2.07. The van der Waals surface area contributed by atoms with Crippen molar-refractivity contribution < 1.29 is 4.74 Å². The standard InChI is InChI=1S/C26H26N4O/c1-30-24-13-6-5-12-23(24)29-26(30)25-20(11-7-8-16-27)21-17-19(14-15-22(21)28-25)31-18-9-3-2-4-10-18/h2-6,9-10,12-15,17,28H,7-8,11,16,27H2,1H3. The largest absolute Gasteiger partial charge is 0.457 e. The second-order valence-electron chi connectivity index (χ2n) is 7.83. The van der Waals surface area contributed by atoms with Crippen molar-refractivity contribution in [3.63, 3.8) is 0 Å². The highest BCUT2D eigenvalue weighted by Crippen LogP contribution is 2.35. The Kier molecular flexibility index (Phi) is 5.18. The normalized spacial score (nSPS) is 11.4. The summed E-state index contributed by atoms with van der Waals surface area (Å²) in [5, 5.41) is 1.17. The number of nitrogens with one attached hydrogen (secondary N) is 1. The molecule has 0 aliphatic heterocycles. The van der Waals surface area contributed by atoms with E-state index in [0.717, 1.165) is 58.8 Å². The molecule has 5 aromatic rings. The summed E-state index contributed by atoms with van der Waals surface area (Å²) in [5.41, 5.74) is 11.3. The van der Waals surface area contributed by atoms with Crippen LogP contribution in [0.3, 0.4) is 0 Å². The van der Waals surface area contributed by atoms with Crippen molar-refractivity contribution in [1.82, 2.24) is 14.5 Å². The molecule has 5 rings (SSSR count). The van der Waals surface area contributed by atoms with Crippen LogP contribution in [0.1, 0.15) is 18.4 Å². The van der Waals surface area contributed by atoms with Crippen LogP contribution in [-0.2, 0) is 13.5 Å². The summed E-state index contributed by atoms with van der Waals surface area (Å²) in [5.74, 6) is 2.61.